The van der Waals surface area contributed by atoms with Gasteiger partial charge in [0.2, 0.25) is 5.24 Å². The molecule has 0 heterocycles. The fourth-order valence-electron chi connectivity index (χ4n) is 3.19. The summed E-state index contributed by atoms with van der Waals surface area (Å²) in [6.45, 7) is 8.28. The number of rotatable bonds is 17. The molecular weight excluding hydrogens is 370 g/mol. The molecule has 0 aromatic carbocycles. The maximum atomic E-state index is 10.7. The average molecular weight is 412 g/mol. The molecule has 0 saturated heterocycles. The van der Waals surface area contributed by atoms with Gasteiger partial charge in [0, 0.05) is 6.42 Å². The number of carbonyl (C=O) groups is 1. The van der Waals surface area contributed by atoms with Crippen molar-refractivity contribution < 1.29 is 4.79 Å². The fraction of sp³-hybridized carbons (Fsp3) is 0.913. The summed E-state index contributed by atoms with van der Waals surface area (Å²) in [5, 5.41) is 18.6. The van der Waals surface area contributed by atoms with Gasteiger partial charge in [0.1, 0.15) is 0 Å². The number of halogens is 1. The Balaban J connectivity index is 4.24. The molecule has 0 spiro atoms. The first kappa shape index (κ1) is 27.0. The Labute approximate surface area is 178 Å². The second kappa shape index (κ2) is 15.9. The van der Waals surface area contributed by atoms with Crippen LogP contribution >= 0.6 is 11.6 Å². The van der Waals surface area contributed by atoms with E-state index in [1.54, 1.807) is 0 Å². The molecule has 0 saturated carbocycles. The molecule has 1 atom stereocenters. The summed E-state index contributed by atoms with van der Waals surface area (Å²) in [5.74, 6) is 0. The molecule has 0 fully saturated rings. The standard InChI is InChI=1S/C23H42ClN3O/c1-5-6-7-15-18-23(20-25,27-26-22(2,3)4)19-16-13-11-9-8-10-12-14-17-21(24)28/h5-19H2,1-4H3/b27-26+. The SMILES string of the molecule is CCCCCCC(C#N)(CCCCCCCCCCC(=O)Cl)/N=N/C(C)(C)C. The number of azo groups is 1. The number of nitriles is 1. The van der Waals surface area contributed by atoms with E-state index < -0.39 is 5.54 Å². The van der Waals surface area contributed by atoms with E-state index in [0.717, 1.165) is 44.9 Å². The highest BCUT2D eigenvalue weighted by Gasteiger charge is 2.29. The van der Waals surface area contributed by atoms with Gasteiger partial charge in [-0.05, 0) is 64.5 Å². The molecule has 0 aliphatic rings. The van der Waals surface area contributed by atoms with Crippen LogP contribution < -0.4 is 0 Å². The molecule has 0 radical (unpaired) electrons. The van der Waals surface area contributed by atoms with Crippen LogP contribution in [-0.2, 0) is 4.79 Å². The van der Waals surface area contributed by atoms with Crippen LogP contribution in [0.25, 0.3) is 0 Å². The zero-order valence-corrected chi connectivity index (χ0v) is 19.5. The fourth-order valence-corrected chi connectivity index (χ4v) is 3.32. The normalized spacial score (nSPS) is 14.1. The van der Waals surface area contributed by atoms with Crippen molar-refractivity contribution in [2.45, 2.75) is 135 Å². The lowest BCUT2D eigenvalue weighted by atomic mass is 9.88. The summed E-state index contributed by atoms with van der Waals surface area (Å²) in [6.07, 6.45) is 15.7. The number of hydrogen-bond donors (Lipinski definition) is 0. The molecule has 0 aromatic heterocycles. The second-order valence-electron chi connectivity index (χ2n) is 9.01. The Bertz CT molecular complexity index is 479. The van der Waals surface area contributed by atoms with Gasteiger partial charge >= 0.3 is 0 Å². The topological polar surface area (TPSA) is 65.6 Å². The van der Waals surface area contributed by atoms with E-state index in [4.69, 9.17) is 11.6 Å². The van der Waals surface area contributed by atoms with Crippen molar-refractivity contribution in [2.24, 2.45) is 10.2 Å². The van der Waals surface area contributed by atoms with Gasteiger partial charge in [-0.2, -0.15) is 15.5 Å². The van der Waals surface area contributed by atoms with Crippen molar-refractivity contribution in [3.8, 4) is 6.07 Å². The minimum atomic E-state index is -0.644. The molecule has 0 N–H and O–H groups in total. The molecule has 0 aliphatic carbocycles. The summed E-state index contributed by atoms with van der Waals surface area (Å²) in [6, 6.07) is 2.50. The number of nitrogens with zero attached hydrogens (tertiary/aromatic N) is 3. The summed E-state index contributed by atoms with van der Waals surface area (Å²) >= 11 is 5.34. The van der Waals surface area contributed by atoms with Gasteiger partial charge < -0.3 is 0 Å². The van der Waals surface area contributed by atoms with Crippen LogP contribution in [0.4, 0.5) is 0 Å². The minimum Gasteiger partial charge on any atom is -0.281 e. The minimum absolute atomic E-state index is 0.223. The van der Waals surface area contributed by atoms with Crippen LogP contribution in [0.1, 0.15) is 124 Å². The largest absolute Gasteiger partial charge is 0.281 e. The molecule has 0 aromatic rings. The van der Waals surface area contributed by atoms with Crippen LogP contribution in [-0.4, -0.2) is 16.3 Å². The van der Waals surface area contributed by atoms with Crippen molar-refractivity contribution in [1.82, 2.24) is 0 Å². The first-order valence-electron chi connectivity index (χ1n) is 11.3. The van der Waals surface area contributed by atoms with E-state index in [1.807, 2.05) is 20.8 Å². The molecule has 5 heteroatoms. The van der Waals surface area contributed by atoms with Crippen LogP contribution in [0.2, 0.25) is 0 Å². The van der Waals surface area contributed by atoms with Gasteiger partial charge in [-0.3, -0.25) is 4.79 Å². The molecule has 0 aliphatic heterocycles. The molecule has 4 nitrogen and oxygen atoms in total. The number of unbranched alkanes of at least 4 members (excludes halogenated alkanes) is 10. The third kappa shape index (κ3) is 16.0. The van der Waals surface area contributed by atoms with Crippen molar-refractivity contribution in [2.75, 3.05) is 0 Å². The predicted molar refractivity (Wildman–Crippen MR) is 119 cm³/mol. The Morgan fingerprint density at radius 3 is 1.71 bits per heavy atom. The average Bonchev–Trinajstić information content (AvgIpc) is 2.63. The van der Waals surface area contributed by atoms with E-state index in [-0.39, 0.29) is 10.8 Å². The first-order valence-corrected chi connectivity index (χ1v) is 11.7. The number of hydrogen-bond acceptors (Lipinski definition) is 4. The predicted octanol–water partition coefficient (Wildman–Crippen LogP) is 8.14. The summed E-state index contributed by atoms with van der Waals surface area (Å²) in [4.78, 5) is 10.7. The zero-order chi connectivity index (χ0) is 21.3. The zero-order valence-electron chi connectivity index (χ0n) is 18.7. The third-order valence-corrected chi connectivity index (χ3v) is 5.10. The van der Waals surface area contributed by atoms with Crippen LogP contribution in [0.5, 0.6) is 0 Å². The highest BCUT2D eigenvalue weighted by atomic mass is 35.5. The van der Waals surface area contributed by atoms with Crippen molar-refractivity contribution in [3.05, 3.63) is 0 Å². The highest BCUT2D eigenvalue weighted by molar-refractivity contribution is 6.63. The van der Waals surface area contributed by atoms with Gasteiger partial charge in [0.05, 0.1) is 11.6 Å². The summed E-state index contributed by atoms with van der Waals surface area (Å²) in [5.41, 5.74) is -0.880. The lowest BCUT2D eigenvalue weighted by Crippen LogP contribution is -2.25. The van der Waals surface area contributed by atoms with E-state index in [1.165, 1.54) is 44.9 Å². The maximum absolute atomic E-state index is 10.7. The summed E-state index contributed by atoms with van der Waals surface area (Å²) in [7, 11) is 0. The molecule has 0 bridgehead atoms. The van der Waals surface area contributed by atoms with Gasteiger partial charge in [0.25, 0.3) is 0 Å². The Kier molecular flexibility index (Phi) is 15.4. The Hall–Kier alpha value is -0.950. The molecule has 28 heavy (non-hydrogen) atoms. The molecular formula is C23H42ClN3O. The van der Waals surface area contributed by atoms with Crippen molar-refractivity contribution in [1.29, 1.82) is 5.26 Å². The molecule has 162 valence electrons. The van der Waals surface area contributed by atoms with Crippen LogP contribution in [0, 0.1) is 11.3 Å². The van der Waals surface area contributed by atoms with E-state index in [9.17, 15) is 10.1 Å². The van der Waals surface area contributed by atoms with Gasteiger partial charge in [-0.25, -0.2) is 0 Å². The smallest absolute Gasteiger partial charge is 0.221 e. The van der Waals surface area contributed by atoms with Crippen molar-refractivity contribution >= 4 is 16.8 Å². The third-order valence-electron chi connectivity index (χ3n) is 4.91. The Morgan fingerprint density at radius 1 is 0.821 bits per heavy atom. The Morgan fingerprint density at radius 2 is 1.29 bits per heavy atom. The quantitative estimate of drug-likeness (QED) is 0.138. The molecule has 0 amide bonds. The highest BCUT2D eigenvalue weighted by Crippen LogP contribution is 2.28. The molecule has 1 unspecified atom stereocenters. The van der Waals surface area contributed by atoms with Gasteiger partial charge in [0.15, 0.2) is 5.54 Å². The van der Waals surface area contributed by atoms with Crippen molar-refractivity contribution in [3.63, 3.8) is 0 Å². The number of carbonyl (C=O) groups excluding carboxylic acids is 1. The second-order valence-corrected chi connectivity index (χ2v) is 9.43. The molecule has 0 rings (SSSR count). The first-order chi connectivity index (χ1) is 13.2. The van der Waals surface area contributed by atoms with E-state index in [0.29, 0.717) is 6.42 Å². The van der Waals surface area contributed by atoms with Crippen LogP contribution in [0.3, 0.4) is 0 Å². The van der Waals surface area contributed by atoms with Gasteiger partial charge in [-0.15, -0.1) is 0 Å². The van der Waals surface area contributed by atoms with E-state index >= 15 is 0 Å². The maximum Gasteiger partial charge on any atom is 0.221 e. The van der Waals surface area contributed by atoms with Crippen LogP contribution in [0.15, 0.2) is 10.2 Å². The monoisotopic (exact) mass is 411 g/mol. The summed E-state index contributed by atoms with van der Waals surface area (Å²) < 4.78 is 0. The van der Waals surface area contributed by atoms with Gasteiger partial charge in [-0.1, -0.05) is 64.7 Å². The van der Waals surface area contributed by atoms with E-state index in [2.05, 4.69) is 23.2 Å². The lowest BCUT2D eigenvalue weighted by Gasteiger charge is -2.23. The lowest BCUT2D eigenvalue weighted by molar-refractivity contribution is -0.111.